The van der Waals surface area contributed by atoms with Gasteiger partial charge in [0.15, 0.2) is 5.82 Å². The number of nitrogens with zero attached hydrogens (tertiary/aromatic N) is 4. The molecule has 37 heavy (non-hydrogen) atoms. The molecule has 0 spiro atoms. The van der Waals surface area contributed by atoms with E-state index in [0.717, 1.165) is 40.2 Å². The summed E-state index contributed by atoms with van der Waals surface area (Å²) in [6.07, 6.45) is 0.720. The molecule has 0 bridgehead atoms. The monoisotopic (exact) mass is 512 g/mol. The van der Waals surface area contributed by atoms with E-state index in [1.807, 2.05) is 56.3 Å². The average molecular weight is 513 g/mol. The third-order valence-electron chi connectivity index (χ3n) is 6.89. The second-order valence-electron chi connectivity index (χ2n) is 9.67. The molecule has 3 aromatic carbocycles. The molecule has 190 valence electrons. The Labute approximate surface area is 219 Å². The van der Waals surface area contributed by atoms with Crippen molar-refractivity contribution in [2.75, 3.05) is 31.1 Å². The summed E-state index contributed by atoms with van der Waals surface area (Å²) < 4.78 is 28.1. The van der Waals surface area contributed by atoms with Gasteiger partial charge in [0.1, 0.15) is 5.82 Å². The van der Waals surface area contributed by atoms with Crippen molar-refractivity contribution in [1.29, 1.82) is 0 Å². The van der Waals surface area contributed by atoms with Crippen LogP contribution in [0.2, 0.25) is 0 Å². The van der Waals surface area contributed by atoms with Crippen molar-refractivity contribution in [3.05, 3.63) is 107 Å². The van der Waals surface area contributed by atoms with Crippen molar-refractivity contribution in [3.63, 3.8) is 0 Å². The van der Waals surface area contributed by atoms with Gasteiger partial charge in [0.2, 0.25) is 10.0 Å². The van der Waals surface area contributed by atoms with Gasteiger partial charge >= 0.3 is 0 Å². The molecule has 0 radical (unpaired) electrons. The van der Waals surface area contributed by atoms with E-state index in [0.29, 0.717) is 36.9 Å². The first-order chi connectivity index (χ1) is 17.8. The largest absolute Gasteiger partial charge is 0.354 e. The summed E-state index contributed by atoms with van der Waals surface area (Å²) >= 11 is 0. The first-order valence-corrected chi connectivity index (χ1v) is 14.1. The number of aromatic nitrogens is 2. The van der Waals surface area contributed by atoms with E-state index >= 15 is 0 Å². The van der Waals surface area contributed by atoms with Gasteiger partial charge in [-0.05, 0) is 44.5 Å². The number of rotatable bonds is 6. The molecule has 0 saturated carbocycles. The van der Waals surface area contributed by atoms with Crippen LogP contribution in [0.5, 0.6) is 0 Å². The molecular formula is C30H32N4O2S. The molecule has 0 N–H and O–H groups in total. The highest BCUT2D eigenvalue weighted by Crippen LogP contribution is 2.29. The fourth-order valence-corrected chi connectivity index (χ4v) is 6.18. The lowest BCUT2D eigenvalue weighted by atomic mass is 10.0. The fourth-order valence-electron chi connectivity index (χ4n) is 4.76. The molecule has 7 heteroatoms. The van der Waals surface area contributed by atoms with Gasteiger partial charge in [0.05, 0.1) is 4.90 Å². The maximum absolute atomic E-state index is 13.3. The van der Waals surface area contributed by atoms with Crippen LogP contribution in [0.15, 0.2) is 83.8 Å². The van der Waals surface area contributed by atoms with Gasteiger partial charge in [-0.3, -0.25) is 0 Å². The molecule has 1 fully saturated rings. The van der Waals surface area contributed by atoms with Gasteiger partial charge < -0.3 is 4.90 Å². The molecule has 0 atom stereocenters. The normalized spacial score (nSPS) is 14.6. The number of sulfonamides is 1. The van der Waals surface area contributed by atoms with E-state index in [-0.39, 0.29) is 0 Å². The van der Waals surface area contributed by atoms with Crippen LogP contribution in [0.3, 0.4) is 0 Å². The van der Waals surface area contributed by atoms with E-state index in [1.165, 1.54) is 5.56 Å². The molecule has 6 nitrogen and oxygen atoms in total. The summed E-state index contributed by atoms with van der Waals surface area (Å²) in [5, 5.41) is 0. The van der Waals surface area contributed by atoms with Gasteiger partial charge in [-0.15, -0.1) is 0 Å². The summed E-state index contributed by atoms with van der Waals surface area (Å²) in [6.45, 7) is 8.01. The van der Waals surface area contributed by atoms with Crippen molar-refractivity contribution >= 4 is 15.8 Å². The first-order valence-electron chi connectivity index (χ1n) is 12.6. The maximum atomic E-state index is 13.3. The van der Waals surface area contributed by atoms with E-state index in [2.05, 4.69) is 36.1 Å². The maximum Gasteiger partial charge on any atom is 0.243 e. The number of aryl methyl sites for hydroxylation is 3. The summed E-state index contributed by atoms with van der Waals surface area (Å²) in [5.41, 5.74) is 6.40. The van der Waals surface area contributed by atoms with Crippen LogP contribution in [0.1, 0.15) is 27.9 Å². The molecule has 1 saturated heterocycles. The quantitative estimate of drug-likeness (QED) is 0.357. The van der Waals surface area contributed by atoms with Gasteiger partial charge in [-0.2, -0.15) is 4.31 Å². The van der Waals surface area contributed by atoms with Gasteiger partial charge in [-0.25, -0.2) is 18.4 Å². The molecule has 0 aliphatic carbocycles. The zero-order chi connectivity index (χ0) is 26.0. The molecule has 1 aliphatic heterocycles. The molecule has 0 amide bonds. The minimum Gasteiger partial charge on any atom is -0.354 e. The smallest absolute Gasteiger partial charge is 0.243 e. The van der Waals surface area contributed by atoms with Crippen LogP contribution < -0.4 is 4.90 Å². The Morgan fingerprint density at radius 3 is 2.14 bits per heavy atom. The Morgan fingerprint density at radius 1 is 0.757 bits per heavy atom. The highest BCUT2D eigenvalue weighted by atomic mass is 32.2. The predicted molar refractivity (Wildman–Crippen MR) is 148 cm³/mol. The number of hydrogen-bond acceptors (Lipinski definition) is 5. The van der Waals surface area contributed by atoms with E-state index in [9.17, 15) is 8.42 Å². The molecule has 1 aliphatic rings. The Hall–Kier alpha value is -3.55. The lowest BCUT2D eigenvalue weighted by Gasteiger charge is -2.36. The highest BCUT2D eigenvalue weighted by Gasteiger charge is 2.30. The second-order valence-corrected chi connectivity index (χ2v) is 11.6. The van der Waals surface area contributed by atoms with Crippen LogP contribution in [0.25, 0.3) is 11.4 Å². The van der Waals surface area contributed by atoms with Crippen LogP contribution >= 0.6 is 0 Å². The van der Waals surface area contributed by atoms with Crippen molar-refractivity contribution < 1.29 is 8.42 Å². The predicted octanol–water partition coefficient (Wildman–Crippen LogP) is 5.17. The Balaban J connectivity index is 1.46. The summed E-state index contributed by atoms with van der Waals surface area (Å²) in [5.74, 6) is 1.59. The van der Waals surface area contributed by atoms with Gasteiger partial charge in [0, 0.05) is 49.4 Å². The third kappa shape index (κ3) is 5.43. The lowest BCUT2D eigenvalue weighted by molar-refractivity contribution is 0.383. The van der Waals surface area contributed by atoms with Crippen LogP contribution in [-0.4, -0.2) is 48.9 Å². The zero-order valence-corrected chi connectivity index (χ0v) is 22.4. The number of anilines is 1. The van der Waals surface area contributed by atoms with Crippen molar-refractivity contribution in [1.82, 2.24) is 14.3 Å². The highest BCUT2D eigenvalue weighted by molar-refractivity contribution is 7.89. The molecule has 0 unspecified atom stereocenters. The van der Waals surface area contributed by atoms with Gasteiger partial charge in [-0.1, -0.05) is 71.8 Å². The topological polar surface area (TPSA) is 66.4 Å². The SMILES string of the molecule is Cc1ccc(S(=O)(=O)N2CCN(c3nc(-c4cccc(C)c4)nc(C)c3Cc3ccccc3)CC2)cc1. The summed E-state index contributed by atoms with van der Waals surface area (Å²) in [6, 6.07) is 25.6. The van der Waals surface area contributed by atoms with Crippen molar-refractivity contribution in [2.45, 2.75) is 32.1 Å². The van der Waals surface area contributed by atoms with Crippen LogP contribution in [-0.2, 0) is 16.4 Å². The number of piperazine rings is 1. The lowest BCUT2D eigenvalue weighted by Crippen LogP contribution is -2.49. The third-order valence-corrected chi connectivity index (χ3v) is 8.80. The molecular weight excluding hydrogens is 480 g/mol. The Morgan fingerprint density at radius 2 is 1.46 bits per heavy atom. The Kier molecular flexibility index (Phi) is 7.09. The fraction of sp³-hybridized carbons (Fsp3) is 0.267. The minimum atomic E-state index is -3.53. The van der Waals surface area contributed by atoms with E-state index in [1.54, 1.807) is 16.4 Å². The summed E-state index contributed by atoms with van der Waals surface area (Å²) in [7, 11) is -3.53. The van der Waals surface area contributed by atoms with Crippen LogP contribution in [0, 0.1) is 20.8 Å². The summed E-state index contributed by atoms with van der Waals surface area (Å²) in [4.78, 5) is 12.5. The minimum absolute atomic E-state index is 0.343. The van der Waals surface area contributed by atoms with E-state index < -0.39 is 10.0 Å². The van der Waals surface area contributed by atoms with Crippen LogP contribution in [0.4, 0.5) is 5.82 Å². The molecule has 5 rings (SSSR count). The molecule has 4 aromatic rings. The van der Waals surface area contributed by atoms with E-state index in [4.69, 9.17) is 9.97 Å². The Bertz CT molecular complexity index is 1490. The molecule has 1 aromatic heterocycles. The van der Waals surface area contributed by atoms with Crippen molar-refractivity contribution in [2.24, 2.45) is 0 Å². The molecule has 2 heterocycles. The standard InChI is InChI=1S/C30H32N4O2S/c1-22-12-14-27(15-13-22)37(35,36)34-18-16-33(17-19-34)30-28(21-25-9-5-4-6-10-25)24(3)31-29(32-30)26-11-7-8-23(2)20-26/h4-15,20H,16-19,21H2,1-3H3. The van der Waals surface area contributed by atoms with Crippen molar-refractivity contribution in [3.8, 4) is 11.4 Å². The second kappa shape index (κ2) is 10.4. The zero-order valence-electron chi connectivity index (χ0n) is 21.6. The number of hydrogen-bond donors (Lipinski definition) is 0. The first kappa shape index (κ1) is 25.1. The van der Waals surface area contributed by atoms with Gasteiger partial charge in [0.25, 0.3) is 0 Å². The average Bonchev–Trinajstić information content (AvgIpc) is 2.90. The number of benzene rings is 3.